The minimum atomic E-state index is 0.319. The van der Waals surface area contributed by atoms with E-state index in [-0.39, 0.29) is 0 Å². The summed E-state index contributed by atoms with van der Waals surface area (Å²) in [5, 5.41) is 6.73. The Hall–Kier alpha value is -1.59. The topological polar surface area (TPSA) is 48.9 Å². The van der Waals surface area contributed by atoms with Crippen molar-refractivity contribution in [2.24, 2.45) is 4.99 Å². The van der Waals surface area contributed by atoms with Gasteiger partial charge in [0.2, 0.25) is 0 Å². The third kappa shape index (κ3) is 5.31. The van der Waals surface area contributed by atoms with Crippen LogP contribution in [0.2, 0.25) is 0 Å². The molecule has 1 aliphatic rings. The molecule has 1 aliphatic heterocycles. The van der Waals surface area contributed by atoms with Gasteiger partial charge in [-0.3, -0.25) is 4.99 Å². The van der Waals surface area contributed by atoms with Crippen LogP contribution in [0.15, 0.2) is 29.3 Å². The minimum Gasteiger partial charge on any atom is -0.376 e. The Balaban J connectivity index is 1.84. The van der Waals surface area contributed by atoms with E-state index in [9.17, 15) is 0 Å². The summed E-state index contributed by atoms with van der Waals surface area (Å²) in [6.45, 7) is 3.42. The average Bonchev–Trinajstić information content (AvgIpc) is 3.01. The molecule has 2 N–H and O–H groups in total. The van der Waals surface area contributed by atoms with E-state index in [1.54, 1.807) is 7.05 Å². The van der Waals surface area contributed by atoms with Crippen LogP contribution < -0.4 is 10.6 Å². The maximum atomic E-state index is 5.62. The quantitative estimate of drug-likeness (QED) is 0.619. The van der Waals surface area contributed by atoms with Gasteiger partial charge in [0.15, 0.2) is 5.96 Å². The monoisotopic (exact) mass is 304 g/mol. The second-order valence-corrected chi connectivity index (χ2v) is 5.95. The highest BCUT2D eigenvalue weighted by atomic mass is 16.5. The summed E-state index contributed by atoms with van der Waals surface area (Å²) >= 11 is 0. The maximum absolute atomic E-state index is 5.62. The zero-order valence-corrected chi connectivity index (χ0v) is 13.9. The molecule has 5 heteroatoms. The average molecular weight is 304 g/mol. The van der Waals surface area contributed by atoms with Gasteiger partial charge in [-0.1, -0.05) is 24.3 Å². The molecule has 1 heterocycles. The second-order valence-electron chi connectivity index (χ2n) is 5.95. The summed E-state index contributed by atoms with van der Waals surface area (Å²) in [5.41, 5.74) is 2.64. The first-order valence-electron chi connectivity index (χ1n) is 7.96. The number of hydrogen-bond donors (Lipinski definition) is 2. The predicted molar refractivity (Wildman–Crippen MR) is 91.0 cm³/mol. The summed E-state index contributed by atoms with van der Waals surface area (Å²) in [6, 6.07) is 8.52. The molecule has 1 unspecified atom stereocenters. The summed E-state index contributed by atoms with van der Waals surface area (Å²) in [6.07, 6.45) is 2.62. The molecule has 0 radical (unpaired) electrons. The molecule has 0 saturated carbocycles. The van der Waals surface area contributed by atoms with Crippen molar-refractivity contribution >= 4 is 5.96 Å². The standard InChI is InChI=1S/C17H28N4O/c1-18-17(20-12-16-9-6-10-22-16)19-11-14-7-4-5-8-15(14)13-21(2)3/h4-5,7-8,16H,6,9-13H2,1-3H3,(H2,18,19,20). The highest BCUT2D eigenvalue weighted by Gasteiger charge is 2.15. The third-order valence-electron chi connectivity index (χ3n) is 3.80. The van der Waals surface area contributed by atoms with Crippen LogP contribution >= 0.6 is 0 Å². The molecular formula is C17H28N4O. The molecule has 1 saturated heterocycles. The lowest BCUT2D eigenvalue weighted by molar-refractivity contribution is 0.114. The molecule has 0 aromatic heterocycles. The smallest absolute Gasteiger partial charge is 0.191 e. The highest BCUT2D eigenvalue weighted by Crippen LogP contribution is 2.11. The van der Waals surface area contributed by atoms with Crippen LogP contribution in [-0.2, 0) is 17.8 Å². The number of ether oxygens (including phenoxy) is 1. The molecule has 1 aromatic rings. The number of hydrogen-bond acceptors (Lipinski definition) is 3. The number of benzene rings is 1. The first kappa shape index (κ1) is 16.8. The van der Waals surface area contributed by atoms with Crippen LogP contribution in [-0.4, -0.2) is 51.3 Å². The SMILES string of the molecule is CN=C(NCc1ccccc1CN(C)C)NCC1CCCO1. The van der Waals surface area contributed by atoms with Gasteiger partial charge in [0, 0.05) is 33.3 Å². The summed E-state index contributed by atoms with van der Waals surface area (Å²) in [5.74, 6) is 0.829. The van der Waals surface area contributed by atoms with Crippen LogP contribution in [0, 0.1) is 0 Å². The number of rotatable bonds is 6. The molecule has 0 spiro atoms. The lowest BCUT2D eigenvalue weighted by Gasteiger charge is -2.17. The zero-order valence-electron chi connectivity index (χ0n) is 13.9. The predicted octanol–water partition coefficient (Wildman–Crippen LogP) is 1.59. The Bertz CT molecular complexity index is 481. The fraction of sp³-hybridized carbons (Fsp3) is 0.588. The van der Waals surface area contributed by atoms with Gasteiger partial charge in [-0.15, -0.1) is 0 Å². The zero-order chi connectivity index (χ0) is 15.8. The van der Waals surface area contributed by atoms with Gasteiger partial charge in [-0.05, 0) is 38.1 Å². The van der Waals surface area contributed by atoms with Gasteiger partial charge in [0.25, 0.3) is 0 Å². The van der Waals surface area contributed by atoms with Crippen molar-refractivity contribution in [1.82, 2.24) is 15.5 Å². The van der Waals surface area contributed by atoms with Gasteiger partial charge in [0.05, 0.1) is 6.10 Å². The Morgan fingerprint density at radius 2 is 2.05 bits per heavy atom. The third-order valence-corrected chi connectivity index (χ3v) is 3.80. The first-order valence-corrected chi connectivity index (χ1v) is 7.96. The van der Waals surface area contributed by atoms with Gasteiger partial charge in [-0.25, -0.2) is 0 Å². The van der Waals surface area contributed by atoms with E-state index in [0.29, 0.717) is 6.10 Å². The fourth-order valence-electron chi connectivity index (χ4n) is 2.64. The van der Waals surface area contributed by atoms with Crippen LogP contribution in [0.5, 0.6) is 0 Å². The van der Waals surface area contributed by atoms with Crippen LogP contribution in [0.3, 0.4) is 0 Å². The number of aliphatic imine (C=N–C) groups is 1. The largest absolute Gasteiger partial charge is 0.376 e. The van der Waals surface area contributed by atoms with Crippen molar-refractivity contribution in [1.29, 1.82) is 0 Å². The Morgan fingerprint density at radius 3 is 2.68 bits per heavy atom. The lowest BCUT2D eigenvalue weighted by Crippen LogP contribution is -2.40. The molecule has 0 aliphatic carbocycles. The second kappa shape index (κ2) is 8.76. The molecule has 1 aromatic carbocycles. The van der Waals surface area contributed by atoms with E-state index in [1.807, 2.05) is 0 Å². The summed E-state index contributed by atoms with van der Waals surface area (Å²) in [4.78, 5) is 6.47. The van der Waals surface area contributed by atoms with Crippen molar-refractivity contribution in [2.75, 3.05) is 34.3 Å². The normalized spacial score (nSPS) is 18.7. The molecule has 1 fully saturated rings. The minimum absolute atomic E-state index is 0.319. The van der Waals surface area contributed by atoms with Gasteiger partial charge >= 0.3 is 0 Å². The molecule has 0 bridgehead atoms. The van der Waals surface area contributed by atoms with E-state index < -0.39 is 0 Å². The van der Waals surface area contributed by atoms with Gasteiger partial charge in [0.1, 0.15) is 0 Å². The summed E-state index contributed by atoms with van der Waals surface area (Å²) in [7, 11) is 5.98. The molecule has 22 heavy (non-hydrogen) atoms. The van der Waals surface area contributed by atoms with Gasteiger partial charge in [-0.2, -0.15) is 0 Å². The van der Waals surface area contributed by atoms with E-state index in [1.165, 1.54) is 11.1 Å². The van der Waals surface area contributed by atoms with Crippen LogP contribution in [0.1, 0.15) is 24.0 Å². The Kier molecular flexibility index (Phi) is 6.68. The fourth-order valence-corrected chi connectivity index (χ4v) is 2.64. The van der Waals surface area contributed by atoms with Crippen LogP contribution in [0.25, 0.3) is 0 Å². The Labute approximate surface area is 133 Å². The molecule has 1 atom stereocenters. The molecule has 0 amide bonds. The number of nitrogens with zero attached hydrogens (tertiary/aromatic N) is 2. The lowest BCUT2D eigenvalue weighted by atomic mass is 10.1. The Morgan fingerprint density at radius 1 is 1.27 bits per heavy atom. The first-order chi connectivity index (χ1) is 10.7. The highest BCUT2D eigenvalue weighted by molar-refractivity contribution is 5.79. The van der Waals surface area contributed by atoms with Crippen molar-refractivity contribution in [2.45, 2.75) is 32.0 Å². The molecule has 2 rings (SSSR count). The van der Waals surface area contributed by atoms with E-state index in [2.05, 4.69) is 58.9 Å². The summed E-state index contributed by atoms with van der Waals surface area (Å²) < 4.78 is 5.62. The van der Waals surface area contributed by atoms with Crippen molar-refractivity contribution in [3.63, 3.8) is 0 Å². The van der Waals surface area contributed by atoms with Gasteiger partial charge < -0.3 is 20.3 Å². The van der Waals surface area contributed by atoms with E-state index >= 15 is 0 Å². The van der Waals surface area contributed by atoms with Crippen molar-refractivity contribution in [3.05, 3.63) is 35.4 Å². The van der Waals surface area contributed by atoms with E-state index in [4.69, 9.17) is 4.74 Å². The van der Waals surface area contributed by atoms with Crippen LogP contribution in [0.4, 0.5) is 0 Å². The van der Waals surface area contributed by atoms with Crippen molar-refractivity contribution in [3.8, 4) is 0 Å². The molecular weight excluding hydrogens is 276 g/mol. The molecule has 5 nitrogen and oxygen atoms in total. The number of guanidine groups is 1. The molecule has 122 valence electrons. The maximum Gasteiger partial charge on any atom is 0.191 e. The van der Waals surface area contributed by atoms with E-state index in [0.717, 1.165) is 45.0 Å². The van der Waals surface area contributed by atoms with Crippen molar-refractivity contribution < 1.29 is 4.74 Å². The number of nitrogens with one attached hydrogen (secondary N) is 2.